The van der Waals surface area contributed by atoms with Gasteiger partial charge in [0.2, 0.25) is 5.75 Å². The van der Waals surface area contributed by atoms with Crippen LogP contribution in [0.15, 0.2) is 24.4 Å². The van der Waals surface area contributed by atoms with E-state index in [4.69, 9.17) is 18.9 Å². The first-order valence-corrected chi connectivity index (χ1v) is 9.08. The average molecular weight is 439 g/mol. The number of fused-ring (bicyclic) bond motifs is 1. The molecule has 0 spiro atoms. The number of carbonyl (C=O) groups is 1. The number of alkyl halides is 3. The Balaban J connectivity index is 2.30. The molecule has 1 aromatic carbocycles. The molecule has 0 saturated heterocycles. The van der Waals surface area contributed by atoms with E-state index in [1.54, 1.807) is 13.8 Å². The summed E-state index contributed by atoms with van der Waals surface area (Å²) in [6, 6.07) is 3.75. The third-order valence-electron chi connectivity index (χ3n) is 4.29. The minimum absolute atomic E-state index is 0.0711. The zero-order valence-electron chi connectivity index (χ0n) is 17.4. The molecule has 0 unspecified atom stereocenters. The summed E-state index contributed by atoms with van der Waals surface area (Å²) in [5.74, 6) is -0.0795. The zero-order valence-corrected chi connectivity index (χ0v) is 17.4. The van der Waals surface area contributed by atoms with Gasteiger partial charge in [0.25, 0.3) is 0 Å². The molecule has 0 radical (unpaired) electrons. The summed E-state index contributed by atoms with van der Waals surface area (Å²) in [6.45, 7) is 3.25. The van der Waals surface area contributed by atoms with E-state index in [1.165, 1.54) is 33.5 Å². The van der Waals surface area contributed by atoms with Crippen LogP contribution in [0.25, 0.3) is 16.9 Å². The van der Waals surface area contributed by atoms with Crippen LogP contribution in [0.4, 0.5) is 13.2 Å². The number of carbonyl (C=O) groups excluding carboxylic acids is 1. The summed E-state index contributed by atoms with van der Waals surface area (Å²) in [5.41, 5.74) is -1.40. The second kappa shape index (κ2) is 8.32. The van der Waals surface area contributed by atoms with Gasteiger partial charge in [0.05, 0.1) is 39.3 Å². The normalized spacial score (nSPS) is 11.6. The summed E-state index contributed by atoms with van der Waals surface area (Å²) in [7, 11) is 4.18. The predicted molar refractivity (Wildman–Crippen MR) is 104 cm³/mol. The van der Waals surface area contributed by atoms with E-state index in [1.807, 2.05) is 0 Å². The molecule has 0 aliphatic carbocycles. The molecule has 3 aromatic rings. The number of hydrogen-bond acceptors (Lipinski definition) is 7. The van der Waals surface area contributed by atoms with Crippen molar-refractivity contribution in [2.24, 2.45) is 0 Å². The van der Waals surface area contributed by atoms with Gasteiger partial charge >= 0.3 is 12.1 Å². The maximum absolute atomic E-state index is 13.8. The number of benzene rings is 1. The fourth-order valence-corrected chi connectivity index (χ4v) is 2.96. The van der Waals surface area contributed by atoms with Crippen LogP contribution in [-0.2, 0) is 10.9 Å². The first kappa shape index (κ1) is 22.2. The molecular formula is C20H20F3N3O5. The van der Waals surface area contributed by atoms with Gasteiger partial charge in [-0.1, -0.05) is 0 Å². The minimum atomic E-state index is -4.76. The molecule has 0 aliphatic rings. The van der Waals surface area contributed by atoms with Crippen molar-refractivity contribution >= 4 is 11.6 Å². The van der Waals surface area contributed by atoms with Crippen LogP contribution in [0.1, 0.15) is 29.9 Å². The summed E-state index contributed by atoms with van der Waals surface area (Å²) >= 11 is 0. The van der Waals surface area contributed by atoms with E-state index in [9.17, 15) is 18.0 Å². The molecule has 2 aromatic heterocycles. The highest BCUT2D eigenvalue weighted by Gasteiger charge is 2.36. The van der Waals surface area contributed by atoms with E-state index in [2.05, 4.69) is 10.1 Å². The van der Waals surface area contributed by atoms with Crippen molar-refractivity contribution in [2.75, 3.05) is 21.3 Å². The lowest BCUT2D eigenvalue weighted by atomic mass is 10.1. The lowest BCUT2D eigenvalue weighted by Crippen LogP contribution is -2.15. The predicted octanol–water partition coefficient (Wildman–Crippen LogP) is 4.01. The first-order chi connectivity index (χ1) is 14.6. The summed E-state index contributed by atoms with van der Waals surface area (Å²) in [6.07, 6.45) is -4.23. The van der Waals surface area contributed by atoms with Crippen LogP contribution in [-0.4, -0.2) is 48.0 Å². The molecule has 3 rings (SSSR count). The Morgan fingerprint density at radius 3 is 2.13 bits per heavy atom. The van der Waals surface area contributed by atoms with Crippen LogP contribution in [0.2, 0.25) is 0 Å². The summed E-state index contributed by atoms with van der Waals surface area (Å²) in [4.78, 5) is 16.6. The van der Waals surface area contributed by atoms with Gasteiger partial charge in [-0.15, -0.1) is 0 Å². The van der Waals surface area contributed by atoms with Crippen LogP contribution in [0, 0.1) is 0 Å². The molecular weight excluding hydrogens is 419 g/mol. The van der Waals surface area contributed by atoms with Gasteiger partial charge < -0.3 is 18.9 Å². The van der Waals surface area contributed by atoms with Crippen molar-refractivity contribution in [3.63, 3.8) is 0 Å². The largest absolute Gasteiger partial charge is 0.493 e. The number of methoxy groups -OCH3 is 3. The Hall–Kier alpha value is -3.50. The fraction of sp³-hybridized carbons (Fsp3) is 0.350. The van der Waals surface area contributed by atoms with Crippen molar-refractivity contribution in [2.45, 2.75) is 26.1 Å². The number of esters is 1. The molecule has 166 valence electrons. The van der Waals surface area contributed by atoms with Gasteiger partial charge in [-0.3, -0.25) is 0 Å². The fourth-order valence-electron chi connectivity index (χ4n) is 2.96. The van der Waals surface area contributed by atoms with Gasteiger partial charge in [0.1, 0.15) is 5.56 Å². The van der Waals surface area contributed by atoms with E-state index in [-0.39, 0.29) is 39.7 Å². The number of halogens is 3. The third-order valence-corrected chi connectivity index (χ3v) is 4.29. The molecule has 0 N–H and O–H groups in total. The summed E-state index contributed by atoms with van der Waals surface area (Å²) < 4.78 is 62.8. The highest BCUT2D eigenvalue weighted by Crippen LogP contribution is 2.42. The molecule has 8 nitrogen and oxygen atoms in total. The van der Waals surface area contributed by atoms with Crippen LogP contribution >= 0.6 is 0 Å². The van der Waals surface area contributed by atoms with Crippen molar-refractivity contribution in [1.82, 2.24) is 14.6 Å². The van der Waals surface area contributed by atoms with Gasteiger partial charge in [-0.25, -0.2) is 14.3 Å². The van der Waals surface area contributed by atoms with Crippen LogP contribution < -0.4 is 14.2 Å². The quantitative estimate of drug-likeness (QED) is 0.537. The molecule has 0 aliphatic heterocycles. The number of nitrogens with zero attached hydrogens (tertiary/aromatic N) is 3. The highest BCUT2D eigenvalue weighted by molar-refractivity contribution is 5.96. The number of ether oxygens (including phenoxy) is 4. The van der Waals surface area contributed by atoms with E-state index in [0.29, 0.717) is 4.52 Å². The Bertz CT molecular complexity index is 1100. The van der Waals surface area contributed by atoms with Gasteiger partial charge in [0.15, 0.2) is 22.8 Å². The van der Waals surface area contributed by atoms with Crippen LogP contribution in [0.3, 0.4) is 0 Å². The van der Waals surface area contributed by atoms with E-state index < -0.39 is 23.9 Å². The highest BCUT2D eigenvalue weighted by atomic mass is 19.4. The van der Waals surface area contributed by atoms with E-state index >= 15 is 0 Å². The molecule has 2 heterocycles. The van der Waals surface area contributed by atoms with Crippen LogP contribution in [0.5, 0.6) is 17.2 Å². The first-order valence-electron chi connectivity index (χ1n) is 9.08. The average Bonchev–Trinajstić information content (AvgIpc) is 3.14. The second-order valence-electron chi connectivity index (χ2n) is 6.69. The molecule has 11 heteroatoms. The zero-order chi connectivity index (χ0) is 22.9. The number of hydrogen-bond donors (Lipinski definition) is 0. The van der Waals surface area contributed by atoms with E-state index in [0.717, 1.165) is 12.3 Å². The van der Waals surface area contributed by atoms with Crippen molar-refractivity contribution < 1.29 is 36.9 Å². The van der Waals surface area contributed by atoms with Gasteiger partial charge in [0, 0.05) is 5.56 Å². The standard InChI is InChI=1S/C20H20F3N3O5/c1-10(2)31-19(27)12-9-24-26-16(20(21,22)23)8-13(25-18(12)26)11-6-14(28-3)17(30-5)15(7-11)29-4/h6-10H,1-5H3. The Morgan fingerprint density at radius 1 is 1.03 bits per heavy atom. The third kappa shape index (κ3) is 4.21. The molecule has 0 bridgehead atoms. The summed E-state index contributed by atoms with van der Waals surface area (Å²) in [5, 5.41) is 3.71. The monoisotopic (exact) mass is 439 g/mol. The molecule has 0 fully saturated rings. The van der Waals surface area contributed by atoms with Gasteiger partial charge in [-0.2, -0.15) is 18.3 Å². The number of rotatable bonds is 6. The van der Waals surface area contributed by atoms with Gasteiger partial charge in [-0.05, 0) is 32.0 Å². The molecule has 0 atom stereocenters. The van der Waals surface area contributed by atoms with Crippen molar-refractivity contribution in [3.8, 4) is 28.5 Å². The lowest BCUT2D eigenvalue weighted by molar-refractivity contribution is -0.142. The number of aromatic nitrogens is 3. The maximum Gasteiger partial charge on any atom is 0.433 e. The molecule has 0 saturated carbocycles. The van der Waals surface area contributed by atoms with Crippen molar-refractivity contribution in [1.29, 1.82) is 0 Å². The lowest BCUT2D eigenvalue weighted by Gasteiger charge is -2.15. The Labute approximate surface area is 175 Å². The molecule has 0 amide bonds. The minimum Gasteiger partial charge on any atom is -0.493 e. The SMILES string of the molecule is COc1cc(-c2cc(C(F)(F)F)n3ncc(C(=O)OC(C)C)c3n2)cc(OC)c1OC. The Kier molecular flexibility index (Phi) is 5.96. The smallest absolute Gasteiger partial charge is 0.433 e. The Morgan fingerprint density at radius 2 is 1.65 bits per heavy atom. The second-order valence-corrected chi connectivity index (χ2v) is 6.69. The van der Waals surface area contributed by atoms with Crippen molar-refractivity contribution in [3.05, 3.63) is 35.7 Å². The molecule has 31 heavy (non-hydrogen) atoms. The topological polar surface area (TPSA) is 84.2 Å². The maximum atomic E-state index is 13.8.